The Hall–Kier alpha value is -0.400. The molecule has 0 aromatic heterocycles. The van der Waals surface area contributed by atoms with Gasteiger partial charge in [0, 0.05) is 0 Å². The maximum atomic E-state index is 9.57. The van der Waals surface area contributed by atoms with E-state index in [9.17, 15) is 4.57 Å². The van der Waals surface area contributed by atoms with Gasteiger partial charge in [0.05, 0.1) is 6.29 Å². The second-order valence-corrected chi connectivity index (χ2v) is 2.54. The maximum absolute atomic E-state index is 9.57. The largest absolute Gasteiger partial charge is 0.512 e. The summed E-state index contributed by atoms with van der Waals surface area (Å²) < 4.78 is 9.57. The van der Waals surface area contributed by atoms with E-state index in [1.54, 1.807) is 0 Å². The van der Waals surface area contributed by atoms with Crippen molar-refractivity contribution in [3.05, 3.63) is 6.57 Å². The van der Waals surface area contributed by atoms with Crippen LogP contribution >= 0.6 is 7.60 Å². The topological polar surface area (TPSA) is 107 Å². The third-order valence-electron chi connectivity index (χ3n) is 0.238. The Morgan fingerprint density at radius 1 is 1.62 bits per heavy atom. The Morgan fingerprint density at radius 2 is 1.75 bits per heavy atom. The summed E-state index contributed by atoms with van der Waals surface area (Å²) in [7, 11) is -3.87. The molecule has 48 valence electrons. The zero-order valence-electron chi connectivity index (χ0n) is 3.98. The second kappa shape index (κ2) is 4.75. The third kappa shape index (κ3) is 17.5. The van der Waals surface area contributed by atoms with E-state index >= 15 is 0 Å². The van der Waals surface area contributed by atoms with Crippen LogP contribution in [0.3, 0.4) is 0 Å². The first-order valence-corrected chi connectivity index (χ1v) is 3.33. The average Bonchev–Trinajstić information content (AvgIpc) is 1.71. The summed E-state index contributed by atoms with van der Waals surface area (Å²) in [6.45, 7) is 4.75. The molecule has 0 aliphatic heterocycles. The molecule has 0 bridgehead atoms. The monoisotopic (exact) mass is 137 g/mol. The lowest BCUT2D eigenvalue weighted by Gasteiger charge is -1.92. The van der Waals surface area contributed by atoms with Crippen molar-refractivity contribution in [2.45, 2.75) is 0 Å². The molecule has 0 saturated heterocycles. The first-order chi connectivity index (χ1) is 3.56. The zero-order valence-corrected chi connectivity index (χ0v) is 4.88. The minimum Gasteiger partial charge on any atom is -0.512 e. The number of rotatable bonds is 1. The maximum Gasteiger partial charge on any atom is 0.338 e. The zero-order chi connectivity index (χ0) is 7.21. The molecule has 0 fully saturated rings. The summed E-state index contributed by atoms with van der Waals surface area (Å²) in [5, 5.41) is 6.25. The Kier molecular flexibility index (Phi) is 6.27. The van der Waals surface area contributed by atoms with Gasteiger partial charge in [-0.3, -0.25) is 4.57 Å². The van der Waals surface area contributed by atoms with E-state index in [1.807, 2.05) is 0 Å². The molecule has 0 rings (SSSR count). The van der Waals surface area contributed by atoms with E-state index in [1.165, 1.54) is 0 Å². The van der Waals surface area contributed by atoms with Gasteiger partial charge in [0.25, 0.3) is 0 Å². The second-order valence-electron chi connectivity index (χ2n) is 0.847. The van der Waals surface area contributed by atoms with Gasteiger partial charge in [-0.05, 0) is 0 Å². The molecule has 6 heteroatoms. The summed E-state index contributed by atoms with van der Waals surface area (Å²) >= 11 is 0. The molecule has 0 spiro atoms. The van der Waals surface area contributed by atoms with E-state index in [0.717, 1.165) is 0 Å². The number of hydrogen-bond donors (Lipinski definition) is 3. The molecule has 8 heavy (non-hydrogen) atoms. The van der Waals surface area contributed by atoms with Gasteiger partial charge in [-0.15, -0.1) is 0 Å². The summed E-state index contributed by atoms with van der Waals surface area (Å²) in [5.41, 5.74) is 4.54. The lowest BCUT2D eigenvalue weighted by molar-refractivity contribution is 0.374. The van der Waals surface area contributed by atoms with E-state index < -0.39 is 13.9 Å². The van der Waals surface area contributed by atoms with Crippen LogP contribution in [0.2, 0.25) is 0 Å². The summed E-state index contributed by atoms with van der Waals surface area (Å²) in [4.78, 5) is 15.6. The van der Waals surface area contributed by atoms with Crippen molar-refractivity contribution < 1.29 is 14.4 Å². The van der Waals surface area contributed by atoms with Crippen LogP contribution < -0.4 is 5.73 Å². The van der Waals surface area contributed by atoms with Gasteiger partial charge in [-0.1, -0.05) is 0 Å². The SMILES string of the molecule is NCP(=O)(O)O.[C-]#N. The molecule has 0 saturated carbocycles. The molecular weight excluding hydrogens is 131 g/mol. The smallest absolute Gasteiger partial charge is 0.338 e. The van der Waals surface area contributed by atoms with Gasteiger partial charge >= 0.3 is 7.60 Å². The summed E-state index contributed by atoms with van der Waals surface area (Å²) in [6, 6.07) is 0. The first kappa shape index (κ1) is 10.6. The van der Waals surface area contributed by atoms with Gasteiger partial charge in [0.2, 0.25) is 0 Å². The quantitative estimate of drug-likeness (QED) is 0.323. The fourth-order valence-electron chi connectivity index (χ4n) is 0. The standard InChI is InChI=1S/CH6NO3P.CN/c2-1-6(3,4)5;1-2/h1-2H2,(H2,3,4,5);/q;-1. The van der Waals surface area contributed by atoms with Crippen LogP contribution in [0.5, 0.6) is 0 Å². The van der Waals surface area contributed by atoms with Gasteiger partial charge in [0.15, 0.2) is 0 Å². The highest BCUT2D eigenvalue weighted by Crippen LogP contribution is 2.30. The van der Waals surface area contributed by atoms with Crippen LogP contribution in [0.25, 0.3) is 0 Å². The van der Waals surface area contributed by atoms with Crippen LogP contribution in [0.4, 0.5) is 0 Å². The van der Waals surface area contributed by atoms with E-state index in [-0.39, 0.29) is 0 Å². The Balaban J connectivity index is 0. The fourth-order valence-corrected chi connectivity index (χ4v) is 0. The predicted octanol–water partition coefficient (Wildman–Crippen LogP) is -0.823. The molecule has 0 radical (unpaired) electrons. The normalized spacial score (nSPS) is 9.12. The molecular formula is C2H6N2O3P-. The molecule has 4 N–H and O–H groups in total. The highest BCUT2D eigenvalue weighted by molar-refractivity contribution is 7.51. The lowest BCUT2D eigenvalue weighted by Crippen LogP contribution is -1.97. The molecule has 0 atom stereocenters. The number of nitrogens with zero attached hydrogens (tertiary/aromatic N) is 1. The molecule has 0 aliphatic carbocycles. The van der Waals surface area contributed by atoms with E-state index in [0.29, 0.717) is 0 Å². The van der Waals surface area contributed by atoms with Gasteiger partial charge in [-0.25, -0.2) is 0 Å². The molecule has 0 unspecified atom stereocenters. The van der Waals surface area contributed by atoms with Gasteiger partial charge < -0.3 is 27.4 Å². The Bertz CT molecular complexity index is 105. The van der Waals surface area contributed by atoms with Crippen LogP contribution in [0.15, 0.2) is 0 Å². The minimum atomic E-state index is -3.87. The molecule has 0 amide bonds. The average molecular weight is 137 g/mol. The fraction of sp³-hybridized carbons (Fsp3) is 0.500. The van der Waals surface area contributed by atoms with Crippen molar-refractivity contribution in [1.82, 2.24) is 0 Å². The number of nitrogens with two attached hydrogens (primary N) is 1. The van der Waals surface area contributed by atoms with E-state index in [2.05, 4.69) is 5.73 Å². The Morgan fingerprint density at radius 3 is 1.75 bits per heavy atom. The predicted molar refractivity (Wildman–Crippen MR) is 26.1 cm³/mol. The van der Waals surface area contributed by atoms with Crippen molar-refractivity contribution in [3.8, 4) is 0 Å². The van der Waals surface area contributed by atoms with Crippen molar-refractivity contribution in [3.63, 3.8) is 0 Å². The van der Waals surface area contributed by atoms with Crippen molar-refractivity contribution in [1.29, 1.82) is 5.26 Å². The van der Waals surface area contributed by atoms with E-state index in [4.69, 9.17) is 21.6 Å². The molecule has 0 aromatic rings. The van der Waals surface area contributed by atoms with Gasteiger partial charge in [-0.2, -0.15) is 0 Å². The summed E-state index contributed by atoms with van der Waals surface area (Å²) in [6.07, 6.45) is -0.562. The number of hydrogen-bond acceptors (Lipinski definition) is 3. The van der Waals surface area contributed by atoms with Crippen molar-refractivity contribution in [2.24, 2.45) is 5.73 Å². The van der Waals surface area contributed by atoms with Crippen LogP contribution in [0.1, 0.15) is 0 Å². The minimum absolute atomic E-state index is 0.562. The highest BCUT2D eigenvalue weighted by Gasteiger charge is 2.05. The first-order valence-electron chi connectivity index (χ1n) is 1.53. The van der Waals surface area contributed by atoms with Crippen molar-refractivity contribution >= 4 is 7.60 Å². The summed E-state index contributed by atoms with van der Waals surface area (Å²) in [5.74, 6) is 0. The van der Waals surface area contributed by atoms with Gasteiger partial charge in [0.1, 0.15) is 0 Å². The van der Waals surface area contributed by atoms with Crippen LogP contribution in [0, 0.1) is 11.8 Å². The highest BCUT2D eigenvalue weighted by atomic mass is 31.2. The molecule has 0 heterocycles. The Labute approximate surface area is 46.9 Å². The molecule has 5 nitrogen and oxygen atoms in total. The molecule has 0 aliphatic rings. The van der Waals surface area contributed by atoms with Crippen LogP contribution in [-0.4, -0.2) is 16.1 Å². The van der Waals surface area contributed by atoms with Crippen molar-refractivity contribution in [2.75, 3.05) is 6.29 Å². The molecule has 0 aromatic carbocycles. The third-order valence-corrected chi connectivity index (χ3v) is 0.714. The lowest BCUT2D eigenvalue weighted by atomic mass is 11.6. The van der Waals surface area contributed by atoms with Crippen LogP contribution in [-0.2, 0) is 4.57 Å².